The molecule has 0 saturated heterocycles. The lowest BCUT2D eigenvalue weighted by Gasteiger charge is -2.22. The van der Waals surface area contributed by atoms with Gasteiger partial charge < -0.3 is 19.9 Å². The third-order valence-corrected chi connectivity index (χ3v) is 2.82. The van der Waals surface area contributed by atoms with Gasteiger partial charge in [-0.3, -0.25) is 0 Å². The van der Waals surface area contributed by atoms with E-state index in [1.807, 2.05) is 17.7 Å². The van der Waals surface area contributed by atoms with Crippen molar-refractivity contribution in [2.45, 2.75) is 58.7 Å². The number of aryl methyl sites for hydroxylation is 1. The largest absolute Gasteiger partial charge is 0.444 e. The summed E-state index contributed by atoms with van der Waals surface area (Å²) in [5, 5.41) is 4.76. The van der Waals surface area contributed by atoms with Crippen molar-refractivity contribution in [1.82, 2.24) is 20.2 Å². The van der Waals surface area contributed by atoms with Crippen molar-refractivity contribution in [3.8, 4) is 0 Å². The van der Waals surface area contributed by atoms with Gasteiger partial charge in [-0.25, -0.2) is 18.6 Å². The number of ether oxygens (including phenoxy) is 1. The van der Waals surface area contributed by atoms with Gasteiger partial charge in [-0.15, -0.1) is 0 Å². The van der Waals surface area contributed by atoms with E-state index in [9.17, 15) is 13.6 Å². The number of nitrogens with zero attached hydrogens (tertiary/aromatic N) is 2. The van der Waals surface area contributed by atoms with Gasteiger partial charge in [-0.05, 0) is 27.2 Å². The van der Waals surface area contributed by atoms with Gasteiger partial charge >= 0.3 is 6.09 Å². The Bertz CT molecular complexity index is 498. The normalized spacial score (nSPS) is 12.3. The van der Waals surface area contributed by atoms with Crippen LogP contribution in [0, 0.1) is 0 Å². The van der Waals surface area contributed by atoms with Crippen LogP contribution < -0.4 is 10.6 Å². The van der Waals surface area contributed by atoms with Crippen LogP contribution in [0.4, 0.5) is 13.6 Å². The Balaban J connectivity index is 2.35. The lowest BCUT2D eigenvalue weighted by Crippen LogP contribution is -2.44. The van der Waals surface area contributed by atoms with E-state index in [0.717, 1.165) is 13.0 Å². The van der Waals surface area contributed by atoms with E-state index < -0.39 is 30.7 Å². The molecule has 0 aliphatic rings. The molecule has 1 rings (SSSR count). The third-order valence-electron chi connectivity index (χ3n) is 2.82. The van der Waals surface area contributed by atoms with E-state index in [1.165, 1.54) is 0 Å². The first-order valence-electron chi connectivity index (χ1n) is 7.68. The number of halogens is 2. The monoisotopic (exact) mass is 332 g/mol. The van der Waals surface area contributed by atoms with E-state index in [4.69, 9.17) is 4.74 Å². The van der Waals surface area contributed by atoms with Gasteiger partial charge in [-0.2, -0.15) is 0 Å². The Labute approximate surface area is 135 Å². The van der Waals surface area contributed by atoms with E-state index in [0.29, 0.717) is 5.82 Å². The molecule has 23 heavy (non-hydrogen) atoms. The summed E-state index contributed by atoms with van der Waals surface area (Å²) < 4.78 is 34.3. The van der Waals surface area contributed by atoms with E-state index >= 15 is 0 Å². The molecule has 1 aromatic rings. The second kappa shape index (κ2) is 8.24. The predicted octanol–water partition coefficient (Wildman–Crippen LogP) is 2.54. The highest BCUT2D eigenvalue weighted by molar-refractivity contribution is 5.67. The molecule has 0 unspecified atom stereocenters. The summed E-state index contributed by atoms with van der Waals surface area (Å²) in [6, 6.07) is 0. The number of carbonyl (C=O) groups is 1. The van der Waals surface area contributed by atoms with Crippen LogP contribution in [0.3, 0.4) is 0 Å². The van der Waals surface area contributed by atoms with Crippen molar-refractivity contribution in [2.24, 2.45) is 0 Å². The fourth-order valence-corrected chi connectivity index (χ4v) is 1.89. The topological polar surface area (TPSA) is 68.2 Å². The van der Waals surface area contributed by atoms with Crippen LogP contribution in [0.5, 0.6) is 0 Å². The lowest BCUT2D eigenvalue weighted by atomic mass is 10.2. The molecule has 8 heteroatoms. The Morgan fingerprint density at radius 2 is 2.04 bits per heavy atom. The van der Waals surface area contributed by atoms with Gasteiger partial charge in [0.2, 0.25) is 0 Å². The molecule has 0 atom stereocenters. The Morgan fingerprint density at radius 3 is 2.65 bits per heavy atom. The summed E-state index contributed by atoms with van der Waals surface area (Å²) in [4.78, 5) is 15.5. The number of alkyl carbamates (subject to hydrolysis) is 1. The van der Waals surface area contributed by atoms with Crippen molar-refractivity contribution in [3.63, 3.8) is 0 Å². The molecule has 1 amide bonds. The van der Waals surface area contributed by atoms with E-state index in [1.54, 1.807) is 27.0 Å². The molecule has 0 bridgehead atoms. The summed E-state index contributed by atoms with van der Waals surface area (Å²) >= 11 is 0. The Hall–Kier alpha value is -1.70. The van der Waals surface area contributed by atoms with Crippen molar-refractivity contribution in [3.05, 3.63) is 18.2 Å². The highest BCUT2D eigenvalue weighted by atomic mass is 19.3. The zero-order chi connectivity index (χ0) is 17.5. The SMILES string of the molecule is CCCn1ccnc1CNCC(F)(F)CNC(=O)OC(C)(C)C. The molecular weight excluding hydrogens is 306 g/mol. The molecule has 132 valence electrons. The minimum absolute atomic E-state index is 0.245. The quantitative estimate of drug-likeness (QED) is 0.768. The van der Waals surface area contributed by atoms with Gasteiger partial charge in [0.05, 0.1) is 19.6 Å². The molecule has 0 radical (unpaired) electrons. The molecule has 0 aromatic carbocycles. The summed E-state index contributed by atoms with van der Waals surface area (Å²) in [6.07, 6.45) is 3.56. The fraction of sp³-hybridized carbons (Fsp3) is 0.733. The number of carbonyl (C=O) groups excluding carboxylic acids is 1. The average molecular weight is 332 g/mol. The van der Waals surface area contributed by atoms with Crippen LogP contribution in [-0.2, 0) is 17.8 Å². The zero-order valence-corrected chi connectivity index (χ0v) is 14.2. The number of nitrogens with one attached hydrogen (secondary N) is 2. The fourth-order valence-electron chi connectivity index (χ4n) is 1.89. The molecule has 0 saturated carbocycles. The number of hydrogen-bond acceptors (Lipinski definition) is 4. The Kier molecular flexibility index (Phi) is 6.93. The van der Waals surface area contributed by atoms with Gasteiger partial charge in [0.1, 0.15) is 11.4 Å². The van der Waals surface area contributed by atoms with Crippen molar-refractivity contribution in [1.29, 1.82) is 0 Å². The number of imidazole rings is 1. The van der Waals surface area contributed by atoms with Gasteiger partial charge in [0, 0.05) is 18.9 Å². The first kappa shape index (κ1) is 19.3. The molecule has 1 heterocycles. The molecule has 0 spiro atoms. The van der Waals surface area contributed by atoms with Crippen LogP contribution in [0.25, 0.3) is 0 Å². The number of aromatic nitrogens is 2. The molecule has 1 aromatic heterocycles. The maximum atomic E-state index is 13.7. The summed E-state index contributed by atoms with van der Waals surface area (Å²) in [5.41, 5.74) is -0.714. The minimum atomic E-state index is -3.07. The van der Waals surface area contributed by atoms with Gasteiger partial charge in [-0.1, -0.05) is 6.92 Å². The number of amides is 1. The smallest absolute Gasteiger partial charge is 0.407 e. The van der Waals surface area contributed by atoms with E-state index in [-0.39, 0.29) is 6.54 Å². The zero-order valence-electron chi connectivity index (χ0n) is 14.2. The maximum Gasteiger partial charge on any atom is 0.407 e. The maximum absolute atomic E-state index is 13.7. The highest BCUT2D eigenvalue weighted by Crippen LogP contribution is 2.12. The molecule has 6 nitrogen and oxygen atoms in total. The van der Waals surface area contributed by atoms with Crippen molar-refractivity contribution >= 4 is 6.09 Å². The van der Waals surface area contributed by atoms with Gasteiger partial charge in [0.25, 0.3) is 5.92 Å². The highest BCUT2D eigenvalue weighted by Gasteiger charge is 2.30. The summed E-state index contributed by atoms with van der Waals surface area (Å²) in [7, 11) is 0. The standard InChI is InChI=1S/C15H26F2N4O2/c1-5-7-21-8-6-19-12(21)9-18-10-15(16,17)11-20-13(22)23-14(2,3)4/h6,8,18H,5,7,9-11H2,1-4H3,(H,20,22). The van der Waals surface area contributed by atoms with Crippen LogP contribution in [0.15, 0.2) is 12.4 Å². The first-order valence-corrected chi connectivity index (χ1v) is 7.68. The van der Waals surface area contributed by atoms with Crippen LogP contribution in [-0.4, -0.2) is 40.3 Å². The molecular formula is C15H26F2N4O2. The Morgan fingerprint density at radius 1 is 1.35 bits per heavy atom. The summed E-state index contributed by atoms with van der Waals surface area (Å²) in [6.45, 7) is 6.76. The number of rotatable bonds is 8. The predicted molar refractivity (Wildman–Crippen MR) is 83.4 cm³/mol. The molecule has 2 N–H and O–H groups in total. The summed E-state index contributed by atoms with van der Waals surface area (Å²) in [5.74, 6) is -2.36. The molecule has 0 aliphatic carbocycles. The van der Waals surface area contributed by atoms with Crippen LogP contribution >= 0.6 is 0 Å². The molecule has 0 aliphatic heterocycles. The minimum Gasteiger partial charge on any atom is -0.444 e. The number of alkyl halides is 2. The van der Waals surface area contributed by atoms with Crippen LogP contribution in [0.1, 0.15) is 39.9 Å². The van der Waals surface area contributed by atoms with E-state index in [2.05, 4.69) is 15.6 Å². The average Bonchev–Trinajstić information content (AvgIpc) is 2.83. The van der Waals surface area contributed by atoms with Crippen molar-refractivity contribution < 1.29 is 18.3 Å². The third kappa shape index (κ3) is 7.92. The van der Waals surface area contributed by atoms with Gasteiger partial charge in [0.15, 0.2) is 0 Å². The first-order chi connectivity index (χ1) is 10.6. The second-order valence-corrected chi connectivity index (χ2v) is 6.35. The van der Waals surface area contributed by atoms with Crippen LogP contribution in [0.2, 0.25) is 0 Å². The number of hydrogen-bond donors (Lipinski definition) is 2. The lowest BCUT2D eigenvalue weighted by molar-refractivity contribution is -0.00391. The molecule has 0 fully saturated rings. The second-order valence-electron chi connectivity index (χ2n) is 6.35. The van der Waals surface area contributed by atoms with Crippen molar-refractivity contribution in [2.75, 3.05) is 13.1 Å².